The van der Waals surface area contributed by atoms with E-state index < -0.39 is 0 Å². The molecular formula is C15H24N2O2. The standard InChI is InChI=1S/C15H24N2O2/c1-3-19-15(13-7-5-4-6-8-13)14(18)9-12-10-16-17(2)11-12/h10-11,13,15H,3-9H2,1-2H3. The van der Waals surface area contributed by atoms with Crippen molar-refractivity contribution in [2.24, 2.45) is 13.0 Å². The number of aromatic nitrogens is 2. The molecule has 0 aromatic carbocycles. The van der Waals surface area contributed by atoms with E-state index in [4.69, 9.17) is 4.74 Å². The van der Waals surface area contributed by atoms with Crippen LogP contribution in [0.4, 0.5) is 0 Å². The molecule has 2 rings (SSSR count). The van der Waals surface area contributed by atoms with Gasteiger partial charge in [0.15, 0.2) is 5.78 Å². The Hall–Kier alpha value is -1.16. The summed E-state index contributed by atoms with van der Waals surface area (Å²) in [4.78, 5) is 12.4. The number of carbonyl (C=O) groups is 1. The van der Waals surface area contributed by atoms with Gasteiger partial charge in [-0.25, -0.2) is 0 Å². The molecule has 1 aliphatic carbocycles. The maximum absolute atomic E-state index is 12.4. The zero-order chi connectivity index (χ0) is 13.7. The first kappa shape index (κ1) is 14.3. The SMILES string of the molecule is CCOC(C(=O)Cc1cnn(C)c1)C1CCCCC1. The highest BCUT2D eigenvalue weighted by atomic mass is 16.5. The molecule has 106 valence electrons. The fraction of sp³-hybridized carbons (Fsp3) is 0.733. The van der Waals surface area contributed by atoms with Gasteiger partial charge in [-0.1, -0.05) is 19.3 Å². The highest BCUT2D eigenvalue weighted by molar-refractivity contribution is 5.85. The highest BCUT2D eigenvalue weighted by Crippen LogP contribution is 2.29. The summed E-state index contributed by atoms with van der Waals surface area (Å²) < 4.78 is 7.48. The third-order valence-electron chi connectivity index (χ3n) is 3.88. The number of ether oxygens (including phenoxy) is 1. The lowest BCUT2D eigenvalue weighted by molar-refractivity contribution is -0.134. The molecule has 1 aliphatic rings. The first-order chi connectivity index (χ1) is 9.20. The Morgan fingerprint density at radius 2 is 2.21 bits per heavy atom. The van der Waals surface area contributed by atoms with Crippen LogP contribution in [0.2, 0.25) is 0 Å². The monoisotopic (exact) mass is 264 g/mol. The first-order valence-corrected chi connectivity index (χ1v) is 7.32. The average Bonchev–Trinajstić information content (AvgIpc) is 2.82. The third-order valence-corrected chi connectivity index (χ3v) is 3.88. The predicted molar refractivity (Wildman–Crippen MR) is 73.9 cm³/mol. The Balaban J connectivity index is 1.98. The van der Waals surface area contributed by atoms with Crippen LogP contribution >= 0.6 is 0 Å². The number of hydrogen-bond donors (Lipinski definition) is 0. The molecule has 0 bridgehead atoms. The van der Waals surface area contributed by atoms with Crippen molar-refractivity contribution in [1.29, 1.82) is 0 Å². The van der Waals surface area contributed by atoms with Crippen LogP contribution in [0, 0.1) is 5.92 Å². The zero-order valence-corrected chi connectivity index (χ0v) is 12.0. The Morgan fingerprint density at radius 3 is 2.79 bits per heavy atom. The molecule has 0 radical (unpaired) electrons. The van der Waals surface area contributed by atoms with Gasteiger partial charge in [-0.05, 0) is 31.2 Å². The summed E-state index contributed by atoms with van der Waals surface area (Å²) in [6.45, 7) is 2.58. The van der Waals surface area contributed by atoms with E-state index in [0.717, 1.165) is 18.4 Å². The van der Waals surface area contributed by atoms with E-state index in [1.54, 1.807) is 10.9 Å². The van der Waals surface area contributed by atoms with E-state index in [2.05, 4.69) is 5.10 Å². The van der Waals surface area contributed by atoms with E-state index >= 15 is 0 Å². The summed E-state index contributed by atoms with van der Waals surface area (Å²) in [5.74, 6) is 0.625. The minimum Gasteiger partial charge on any atom is -0.370 e. The van der Waals surface area contributed by atoms with Crippen molar-refractivity contribution in [3.8, 4) is 0 Å². The molecule has 1 aromatic heterocycles. The van der Waals surface area contributed by atoms with Gasteiger partial charge in [0.25, 0.3) is 0 Å². The largest absolute Gasteiger partial charge is 0.370 e. The summed E-state index contributed by atoms with van der Waals surface area (Å²) in [7, 11) is 1.87. The lowest BCUT2D eigenvalue weighted by Crippen LogP contribution is -2.35. The number of aryl methyl sites for hydroxylation is 1. The lowest BCUT2D eigenvalue weighted by Gasteiger charge is -2.29. The number of nitrogens with zero attached hydrogens (tertiary/aromatic N) is 2. The molecule has 0 spiro atoms. The van der Waals surface area contributed by atoms with Crippen LogP contribution < -0.4 is 0 Å². The maximum Gasteiger partial charge on any atom is 0.166 e. The van der Waals surface area contributed by atoms with Gasteiger partial charge in [0.05, 0.1) is 6.20 Å². The van der Waals surface area contributed by atoms with Crippen molar-refractivity contribution >= 4 is 5.78 Å². The topological polar surface area (TPSA) is 44.1 Å². The van der Waals surface area contributed by atoms with Gasteiger partial charge in [0.2, 0.25) is 0 Å². The van der Waals surface area contributed by atoms with Gasteiger partial charge in [-0.2, -0.15) is 5.10 Å². The molecule has 1 unspecified atom stereocenters. The van der Waals surface area contributed by atoms with E-state index in [0.29, 0.717) is 18.9 Å². The maximum atomic E-state index is 12.4. The van der Waals surface area contributed by atoms with Crippen LogP contribution in [0.1, 0.15) is 44.6 Å². The van der Waals surface area contributed by atoms with E-state index in [9.17, 15) is 4.79 Å². The molecule has 1 aromatic rings. The van der Waals surface area contributed by atoms with E-state index in [1.165, 1.54) is 19.3 Å². The molecule has 1 heterocycles. The normalized spacial score (nSPS) is 18.4. The van der Waals surface area contributed by atoms with Gasteiger partial charge < -0.3 is 4.74 Å². The quantitative estimate of drug-likeness (QED) is 0.793. The number of ketones is 1. The van der Waals surface area contributed by atoms with Crippen LogP contribution in [-0.4, -0.2) is 28.3 Å². The summed E-state index contributed by atoms with van der Waals surface area (Å²) in [6.07, 6.45) is 9.91. The average molecular weight is 264 g/mol. The molecule has 0 saturated heterocycles. The molecule has 19 heavy (non-hydrogen) atoms. The summed E-state index contributed by atoms with van der Waals surface area (Å²) >= 11 is 0. The fourth-order valence-corrected chi connectivity index (χ4v) is 2.97. The molecular weight excluding hydrogens is 240 g/mol. The first-order valence-electron chi connectivity index (χ1n) is 7.32. The highest BCUT2D eigenvalue weighted by Gasteiger charge is 2.29. The Morgan fingerprint density at radius 1 is 1.47 bits per heavy atom. The van der Waals surface area contributed by atoms with Crippen LogP contribution in [0.3, 0.4) is 0 Å². The van der Waals surface area contributed by atoms with Crippen molar-refractivity contribution in [3.05, 3.63) is 18.0 Å². The van der Waals surface area contributed by atoms with Crippen molar-refractivity contribution in [3.63, 3.8) is 0 Å². The number of Topliss-reactive ketones (excluding diaryl/α,β-unsaturated/α-hetero) is 1. The van der Waals surface area contributed by atoms with Crippen LogP contribution in [0.5, 0.6) is 0 Å². The fourth-order valence-electron chi connectivity index (χ4n) is 2.97. The summed E-state index contributed by atoms with van der Waals surface area (Å²) in [5.41, 5.74) is 0.980. The Kier molecular flexibility index (Phi) is 5.14. The minimum absolute atomic E-state index is 0.210. The van der Waals surface area contributed by atoms with Crippen molar-refractivity contribution < 1.29 is 9.53 Å². The zero-order valence-electron chi connectivity index (χ0n) is 12.0. The summed E-state index contributed by atoms with van der Waals surface area (Å²) in [6, 6.07) is 0. The van der Waals surface area contributed by atoms with Crippen LogP contribution in [-0.2, 0) is 23.0 Å². The molecule has 1 fully saturated rings. The molecule has 4 heteroatoms. The van der Waals surface area contributed by atoms with Crippen molar-refractivity contribution in [2.45, 2.75) is 51.6 Å². The second-order valence-corrected chi connectivity index (χ2v) is 5.44. The third kappa shape index (κ3) is 3.90. The van der Waals surface area contributed by atoms with Gasteiger partial charge in [-0.15, -0.1) is 0 Å². The van der Waals surface area contributed by atoms with Gasteiger partial charge in [-0.3, -0.25) is 9.48 Å². The molecule has 0 N–H and O–H groups in total. The Labute approximate surface area is 115 Å². The van der Waals surface area contributed by atoms with Crippen LogP contribution in [0.15, 0.2) is 12.4 Å². The smallest absolute Gasteiger partial charge is 0.166 e. The molecule has 1 saturated carbocycles. The minimum atomic E-state index is -0.217. The lowest BCUT2D eigenvalue weighted by atomic mass is 9.83. The van der Waals surface area contributed by atoms with Crippen molar-refractivity contribution in [1.82, 2.24) is 9.78 Å². The number of hydrogen-bond acceptors (Lipinski definition) is 3. The van der Waals surface area contributed by atoms with E-state index in [-0.39, 0.29) is 11.9 Å². The van der Waals surface area contributed by atoms with Crippen molar-refractivity contribution in [2.75, 3.05) is 6.61 Å². The van der Waals surface area contributed by atoms with E-state index in [1.807, 2.05) is 20.2 Å². The molecule has 4 nitrogen and oxygen atoms in total. The second kappa shape index (κ2) is 6.85. The number of rotatable bonds is 6. The predicted octanol–water partition coefficient (Wildman–Crippen LogP) is 2.52. The molecule has 1 atom stereocenters. The van der Waals surface area contributed by atoms with Gasteiger partial charge in [0, 0.05) is 26.3 Å². The summed E-state index contributed by atoms with van der Waals surface area (Å²) in [5, 5.41) is 4.11. The second-order valence-electron chi connectivity index (χ2n) is 5.44. The molecule has 0 aliphatic heterocycles. The van der Waals surface area contributed by atoms with Gasteiger partial charge in [0.1, 0.15) is 6.10 Å². The Bertz CT molecular complexity index is 408. The van der Waals surface area contributed by atoms with Gasteiger partial charge >= 0.3 is 0 Å². The molecule has 0 amide bonds. The number of carbonyl (C=O) groups excluding carboxylic acids is 1. The van der Waals surface area contributed by atoms with Crippen LogP contribution in [0.25, 0.3) is 0 Å².